The minimum atomic E-state index is -0.145. The maximum Gasteiger partial charge on any atom is 0.237 e. The SMILES string of the molecule is O=C(NCc1c(Cl)cncc1Cl)C1CCCCN1Cc1cccnc1. The van der Waals surface area contributed by atoms with Crippen LogP contribution in [0.4, 0.5) is 0 Å². The number of carbonyl (C=O) groups excluding carboxylic acids is 1. The van der Waals surface area contributed by atoms with Crippen LogP contribution >= 0.6 is 23.2 Å². The summed E-state index contributed by atoms with van der Waals surface area (Å²) in [6, 6.07) is 3.81. The molecule has 2 aromatic rings. The number of rotatable bonds is 5. The van der Waals surface area contributed by atoms with Crippen molar-refractivity contribution in [2.24, 2.45) is 0 Å². The standard InChI is InChI=1S/C18H20Cl2N4O/c19-15-10-22-11-16(20)14(15)9-23-18(25)17-5-1-2-7-24(17)12-13-4-3-6-21-8-13/h3-4,6,8,10-11,17H,1-2,5,7,9,12H2,(H,23,25). The average Bonchev–Trinajstić information content (AvgIpc) is 2.62. The Bertz CT molecular complexity index is 706. The molecule has 1 unspecified atom stereocenters. The summed E-state index contributed by atoms with van der Waals surface area (Å²) in [4.78, 5) is 23.0. The Hall–Kier alpha value is -1.69. The molecule has 3 rings (SSSR count). The summed E-state index contributed by atoms with van der Waals surface area (Å²) in [5.41, 5.74) is 1.81. The Morgan fingerprint density at radius 1 is 1.20 bits per heavy atom. The average molecular weight is 379 g/mol. The topological polar surface area (TPSA) is 58.1 Å². The van der Waals surface area contributed by atoms with Gasteiger partial charge in [0.2, 0.25) is 5.91 Å². The van der Waals surface area contributed by atoms with Crippen LogP contribution in [0.15, 0.2) is 36.9 Å². The molecule has 2 aromatic heterocycles. The predicted molar refractivity (Wildman–Crippen MR) is 98.4 cm³/mol. The van der Waals surface area contributed by atoms with Gasteiger partial charge in [0.1, 0.15) is 0 Å². The van der Waals surface area contributed by atoms with E-state index >= 15 is 0 Å². The molecule has 0 bridgehead atoms. The molecule has 0 radical (unpaired) electrons. The molecule has 1 saturated heterocycles. The van der Waals surface area contributed by atoms with Gasteiger partial charge in [-0.1, -0.05) is 35.7 Å². The molecule has 0 saturated carbocycles. The second kappa shape index (κ2) is 8.61. The van der Waals surface area contributed by atoms with Crippen molar-refractivity contribution in [3.63, 3.8) is 0 Å². The van der Waals surface area contributed by atoms with E-state index in [2.05, 4.69) is 20.2 Å². The molecule has 0 aromatic carbocycles. The molecule has 1 atom stereocenters. The van der Waals surface area contributed by atoms with E-state index in [1.54, 1.807) is 6.20 Å². The summed E-state index contributed by atoms with van der Waals surface area (Å²) >= 11 is 12.2. The first kappa shape index (κ1) is 18.1. The fraction of sp³-hybridized carbons (Fsp3) is 0.389. The van der Waals surface area contributed by atoms with Gasteiger partial charge in [0.25, 0.3) is 0 Å². The summed E-state index contributed by atoms with van der Waals surface area (Å²) in [6.07, 6.45) is 9.68. The Kier molecular flexibility index (Phi) is 6.24. The molecular formula is C18H20Cl2N4O. The molecule has 1 aliphatic rings. The number of nitrogens with one attached hydrogen (secondary N) is 1. The summed E-state index contributed by atoms with van der Waals surface area (Å²) in [7, 11) is 0. The van der Waals surface area contributed by atoms with Crippen molar-refractivity contribution in [2.75, 3.05) is 6.54 Å². The molecule has 25 heavy (non-hydrogen) atoms. The monoisotopic (exact) mass is 378 g/mol. The third-order valence-electron chi connectivity index (χ3n) is 4.42. The van der Waals surface area contributed by atoms with E-state index in [0.717, 1.165) is 37.9 Å². The third kappa shape index (κ3) is 4.69. The lowest BCUT2D eigenvalue weighted by Gasteiger charge is -2.34. The van der Waals surface area contributed by atoms with Crippen molar-refractivity contribution in [3.05, 3.63) is 58.1 Å². The van der Waals surface area contributed by atoms with Gasteiger partial charge in [0, 0.05) is 43.4 Å². The lowest BCUT2D eigenvalue weighted by molar-refractivity contribution is -0.128. The van der Waals surface area contributed by atoms with Gasteiger partial charge in [0.05, 0.1) is 16.1 Å². The van der Waals surface area contributed by atoms with E-state index in [1.807, 2.05) is 18.3 Å². The summed E-state index contributed by atoms with van der Waals surface area (Å²) < 4.78 is 0. The van der Waals surface area contributed by atoms with Gasteiger partial charge in [-0.05, 0) is 31.0 Å². The van der Waals surface area contributed by atoms with Gasteiger partial charge in [0.15, 0.2) is 0 Å². The van der Waals surface area contributed by atoms with Crippen LogP contribution in [0.1, 0.15) is 30.4 Å². The molecule has 1 N–H and O–H groups in total. The summed E-state index contributed by atoms with van der Waals surface area (Å²) in [5, 5.41) is 3.90. The van der Waals surface area contributed by atoms with Crippen molar-refractivity contribution in [2.45, 2.75) is 38.4 Å². The Morgan fingerprint density at radius 2 is 2.00 bits per heavy atom. The van der Waals surface area contributed by atoms with Gasteiger partial charge in [-0.3, -0.25) is 19.7 Å². The van der Waals surface area contributed by atoms with Crippen LogP contribution in [0, 0.1) is 0 Å². The van der Waals surface area contributed by atoms with Crippen molar-refractivity contribution < 1.29 is 4.79 Å². The molecule has 1 amide bonds. The number of amides is 1. The predicted octanol–water partition coefficient (Wildman–Crippen LogP) is 3.45. The Morgan fingerprint density at radius 3 is 2.72 bits per heavy atom. The highest BCUT2D eigenvalue weighted by molar-refractivity contribution is 6.35. The van der Waals surface area contributed by atoms with E-state index in [1.165, 1.54) is 12.4 Å². The fourth-order valence-corrected chi connectivity index (χ4v) is 3.60. The van der Waals surface area contributed by atoms with Crippen molar-refractivity contribution in [3.8, 4) is 0 Å². The largest absolute Gasteiger partial charge is 0.351 e. The van der Waals surface area contributed by atoms with Gasteiger partial charge < -0.3 is 5.32 Å². The number of likely N-dealkylation sites (tertiary alicyclic amines) is 1. The second-order valence-electron chi connectivity index (χ2n) is 6.14. The molecule has 1 fully saturated rings. The molecule has 1 aliphatic heterocycles. The second-order valence-corrected chi connectivity index (χ2v) is 6.96. The van der Waals surface area contributed by atoms with Gasteiger partial charge in [-0.25, -0.2) is 0 Å². The first-order valence-electron chi connectivity index (χ1n) is 8.33. The number of aromatic nitrogens is 2. The van der Waals surface area contributed by atoms with Crippen LogP contribution in [0.5, 0.6) is 0 Å². The highest BCUT2D eigenvalue weighted by atomic mass is 35.5. The zero-order valence-electron chi connectivity index (χ0n) is 13.8. The molecule has 0 spiro atoms. The number of nitrogens with zero attached hydrogens (tertiary/aromatic N) is 3. The van der Waals surface area contributed by atoms with Crippen LogP contribution < -0.4 is 5.32 Å². The quantitative estimate of drug-likeness (QED) is 0.865. The summed E-state index contributed by atoms with van der Waals surface area (Å²) in [6.45, 7) is 1.93. The van der Waals surface area contributed by atoms with Gasteiger partial charge in [-0.2, -0.15) is 0 Å². The fourth-order valence-electron chi connectivity index (χ4n) is 3.10. The van der Waals surface area contributed by atoms with E-state index in [-0.39, 0.29) is 11.9 Å². The Labute approximate surface area is 157 Å². The number of piperidine rings is 1. The molecule has 132 valence electrons. The normalized spacial score (nSPS) is 18.1. The van der Waals surface area contributed by atoms with Crippen molar-refractivity contribution in [1.82, 2.24) is 20.2 Å². The zero-order valence-corrected chi connectivity index (χ0v) is 15.3. The zero-order chi connectivity index (χ0) is 17.6. The third-order valence-corrected chi connectivity index (χ3v) is 5.07. The number of pyridine rings is 2. The number of halogens is 2. The smallest absolute Gasteiger partial charge is 0.237 e. The van der Waals surface area contributed by atoms with Crippen LogP contribution in [0.2, 0.25) is 10.0 Å². The first-order valence-corrected chi connectivity index (χ1v) is 9.09. The van der Waals surface area contributed by atoms with E-state index < -0.39 is 0 Å². The van der Waals surface area contributed by atoms with Crippen molar-refractivity contribution >= 4 is 29.1 Å². The van der Waals surface area contributed by atoms with Gasteiger partial charge >= 0.3 is 0 Å². The Balaban J connectivity index is 1.64. The molecular weight excluding hydrogens is 359 g/mol. The maximum atomic E-state index is 12.7. The lowest BCUT2D eigenvalue weighted by Crippen LogP contribution is -2.48. The highest BCUT2D eigenvalue weighted by Crippen LogP contribution is 2.23. The molecule has 0 aliphatic carbocycles. The number of hydrogen-bond acceptors (Lipinski definition) is 4. The van der Waals surface area contributed by atoms with Crippen molar-refractivity contribution in [1.29, 1.82) is 0 Å². The lowest BCUT2D eigenvalue weighted by atomic mass is 10.0. The van der Waals surface area contributed by atoms with E-state index in [0.29, 0.717) is 22.2 Å². The number of hydrogen-bond donors (Lipinski definition) is 1. The molecule has 7 heteroatoms. The molecule has 3 heterocycles. The van der Waals surface area contributed by atoms with E-state index in [4.69, 9.17) is 23.2 Å². The maximum absolute atomic E-state index is 12.7. The van der Waals surface area contributed by atoms with Crippen LogP contribution in [-0.4, -0.2) is 33.4 Å². The highest BCUT2D eigenvalue weighted by Gasteiger charge is 2.28. The molecule has 5 nitrogen and oxygen atoms in total. The number of carbonyl (C=O) groups is 1. The summed E-state index contributed by atoms with van der Waals surface area (Å²) in [5.74, 6) is 0.00698. The van der Waals surface area contributed by atoms with E-state index in [9.17, 15) is 4.79 Å². The van der Waals surface area contributed by atoms with Crippen LogP contribution in [0.25, 0.3) is 0 Å². The van der Waals surface area contributed by atoms with Crippen LogP contribution in [0.3, 0.4) is 0 Å². The minimum absolute atomic E-state index is 0.00698. The van der Waals surface area contributed by atoms with Gasteiger partial charge in [-0.15, -0.1) is 0 Å². The van der Waals surface area contributed by atoms with Crippen LogP contribution in [-0.2, 0) is 17.9 Å². The minimum Gasteiger partial charge on any atom is -0.351 e. The first-order chi connectivity index (χ1) is 12.1.